The topological polar surface area (TPSA) is 81.7 Å². The maximum atomic E-state index is 11.4. The lowest BCUT2D eigenvalue weighted by Crippen LogP contribution is -2.26. The highest BCUT2D eigenvalue weighted by Crippen LogP contribution is 2.29. The third kappa shape index (κ3) is 4.00. The van der Waals surface area contributed by atoms with Crippen LogP contribution in [0.5, 0.6) is 5.75 Å². The molecular weight excluding hydrogens is 294 g/mol. The van der Waals surface area contributed by atoms with Crippen molar-refractivity contribution < 1.29 is 22.7 Å². The molecule has 0 spiro atoms. The molecule has 1 rings (SSSR count). The summed E-state index contributed by atoms with van der Waals surface area (Å²) in [6.07, 6.45) is -0.612. The van der Waals surface area contributed by atoms with E-state index in [4.69, 9.17) is 15.4 Å². The summed E-state index contributed by atoms with van der Waals surface area (Å²) >= 11 is 0. The summed E-state index contributed by atoms with van der Waals surface area (Å²) in [7, 11) is 3.98. The zero-order chi connectivity index (χ0) is 14.6. The van der Waals surface area contributed by atoms with Crippen LogP contribution >= 0.6 is 10.7 Å². The average molecular weight is 308 g/mol. The zero-order valence-electron chi connectivity index (χ0n) is 10.6. The summed E-state index contributed by atoms with van der Waals surface area (Å²) in [5.74, 6) is 0.143. The molecule has 0 aliphatic carbocycles. The van der Waals surface area contributed by atoms with Crippen molar-refractivity contribution >= 4 is 25.8 Å². The van der Waals surface area contributed by atoms with Gasteiger partial charge in [-0.05, 0) is 24.6 Å². The number of carbonyl (C=O) groups is 1. The van der Waals surface area contributed by atoms with E-state index >= 15 is 0 Å². The predicted molar refractivity (Wildman–Crippen MR) is 70.0 cm³/mol. The monoisotopic (exact) mass is 307 g/mol. The van der Waals surface area contributed by atoms with E-state index in [1.54, 1.807) is 13.0 Å². The molecule has 19 heavy (non-hydrogen) atoms. The molecule has 1 aromatic carbocycles. The van der Waals surface area contributed by atoms with E-state index in [1.807, 2.05) is 0 Å². The van der Waals surface area contributed by atoms with E-state index in [-0.39, 0.29) is 10.6 Å². The number of hydrogen-bond acceptors (Lipinski definition) is 5. The maximum Gasteiger partial charge on any atom is 0.407 e. The molecule has 0 aromatic heterocycles. The highest BCUT2D eigenvalue weighted by molar-refractivity contribution is 8.13. The average Bonchev–Trinajstić information content (AvgIpc) is 2.36. The summed E-state index contributed by atoms with van der Waals surface area (Å²) in [4.78, 5) is 11.0. The van der Waals surface area contributed by atoms with Gasteiger partial charge in [0, 0.05) is 10.7 Å². The fourth-order valence-electron chi connectivity index (χ4n) is 1.47. The lowest BCUT2D eigenvalue weighted by molar-refractivity contribution is 0.167. The van der Waals surface area contributed by atoms with Crippen LogP contribution in [0.25, 0.3) is 0 Å². The molecular formula is C11H14ClNO5S. The number of hydrogen-bond donors (Lipinski definition) is 1. The highest BCUT2D eigenvalue weighted by atomic mass is 35.7. The minimum absolute atomic E-state index is 0.143. The van der Waals surface area contributed by atoms with E-state index in [9.17, 15) is 13.2 Å². The Morgan fingerprint density at radius 3 is 2.47 bits per heavy atom. The van der Waals surface area contributed by atoms with Crippen molar-refractivity contribution in [3.8, 4) is 5.75 Å². The first-order valence-corrected chi connectivity index (χ1v) is 7.57. The Balaban J connectivity index is 3.15. The van der Waals surface area contributed by atoms with E-state index < -0.39 is 21.2 Å². The number of amides is 1. The Labute approximate surface area is 116 Å². The smallest absolute Gasteiger partial charge is 0.407 e. The molecule has 0 aliphatic heterocycles. The second-order valence-corrected chi connectivity index (χ2v) is 6.24. The van der Waals surface area contributed by atoms with Crippen LogP contribution in [-0.2, 0) is 13.8 Å². The Morgan fingerprint density at radius 2 is 2.00 bits per heavy atom. The minimum Gasteiger partial charge on any atom is -0.495 e. The Morgan fingerprint density at radius 1 is 1.37 bits per heavy atom. The largest absolute Gasteiger partial charge is 0.495 e. The van der Waals surface area contributed by atoms with Crippen LogP contribution in [0.3, 0.4) is 0 Å². The molecule has 0 saturated heterocycles. The normalized spacial score (nSPS) is 12.6. The van der Waals surface area contributed by atoms with E-state index in [1.165, 1.54) is 26.4 Å². The van der Waals surface area contributed by atoms with E-state index in [0.717, 1.165) is 0 Å². The molecule has 8 heteroatoms. The lowest BCUT2D eigenvalue weighted by atomic mass is 10.1. The van der Waals surface area contributed by atoms with Crippen LogP contribution < -0.4 is 10.1 Å². The molecule has 0 bridgehead atoms. The highest BCUT2D eigenvalue weighted by Gasteiger charge is 2.19. The van der Waals surface area contributed by atoms with Crippen LogP contribution in [0.15, 0.2) is 23.1 Å². The van der Waals surface area contributed by atoms with E-state index in [2.05, 4.69) is 10.1 Å². The zero-order valence-corrected chi connectivity index (χ0v) is 12.2. The number of halogens is 1. The standard InChI is InChI=1S/C11H14ClNO5S/c1-7(13-11(14)18-3)8-4-5-9(17-2)10(6-8)19(12,15)16/h4-7H,1-3H3,(H,13,14). The molecule has 1 amide bonds. The Kier molecular flexibility index (Phi) is 5.02. The number of carbonyl (C=O) groups excluding carboxylic acids is 1. The summed E-state index contributed by atoms with van der Waals surface area (Å²) in [6.45, 7) is 1.68. The second kappa shape index (κ2) is 6.12. The van der Waals surface area contributed by atoms with E-state index in [0.29, 0.717) is 5.56 Å². The number of rotatable bonds is 4. The van der Waals surface area contributed by atoms with Crippen LogP contribution in [0.2, 0.25) is 0 Å². The first kappa shape index (κ1) is 15.6. The van der Waals surface area contributed by atoms with Gasteiger partial charge in [0.15, 0.2) is 0 Å². The first-order valence-electron chi connectivity index (χ1n) is 5.26. The molecule has 0 aliphatic rings. The molecule has 0 heterocycles. The van der Waals surface area contributed by atoms with Crippen molar-refractivity contribution in [1.29, 1.82) is 0 Å². The Hall–Kier alpha value is -1.47. The van der Waals surface area contributed by atoms with Gasteiger partial charge < -0.3 is 14.8 Å². The maximum absolute atomic E-state index is 11.4. The van der Waals surface area contributed by atoms with Gasteiger partial charge >= 0.3 is 6.09 Å². The van der Waals surface area contributed by atoms with Crippen LogP contribution in [0.4, 0.5) is 4.79 Å². The lowest BCUT2D eigenvalue weighted by Gasteiger charge is -2.15. The SMILES string of the molecule is COC(=O)NC(C)c1ccc(OC)c(S(=O)(=O)Cl)c1. The van der Waals surface area contributed by atoms with Gasteiger partial charge in [-0.15, -0.1) is 0 Å². The molecule has 1 atom stereocenters. The molecule has 0 saturated carbocycles. The van der Waals surface area contributed by atoms with Crippen molar-refractivity contribution in [3.05, 3.63) is 23.8 Å². The van der Waals surface area contributed by atoms with Gasteiger partial charge in [0.05, 0.1) is 20.3 Å². The fourth-order valence-corrected chi connectivity index (χ4v) is 2.50. The van der Waals surface area contributed by atoms with Gasteiger partial charge in [-0.3, -0.25) is 0 Å². The van der Waals surface area contributed by atoms with Gasteiger partial charge in [0.2, 0.25) is 0 Å². The van der Waals surface area contributed by atoms with Crippen molar-refractivity contribution in [2.45, 2.75) is 17.9 Å². The molecule has 6 nitrogen and oxygen atoms in total. The van der Waals surface area contributed by atoms with Crippen LogP contribution in [0, 0.1) is 0 Å². The van der Waals surface area contributed by atoms with Crippen LogP contribution in [-0.4, -0.2) is 28.7 Å². The number of benzene rings is 1. The predicted octanol–water partition coefficient (Wildman–Crippen LogP) is 2.04. The molecule has 1 aromatic rings. The summed E-state index contributed by atoms with van der Waals surface area (Å²) < 4.78 is 32.3. The second-order valence-electron chi connectivity index (χ2n) is 3.71. The van der Waals surface area contributed by atoms with Crippen molar-refractivity contribution in [3.63, 3.8) is 0 Å². The summed E-state index contributed by atoms with van der Waals surface area (Å²) in [5.41, 5.74) is 0.561. The first-order chi connectivity index (χ1) is 8.79. The van der Waals surface area contributed by atoms with Gasteiger partial charge in [-0.1, -0.05) is 6.07 Å². The molecule has 0 radical (unpaired) electrons. The third-order valence-electron chi connectivity index (χ3n) is 2.47. The van der Waals surface area contributed by atoms with Gasteiger partial charge in [0.1, 0.15) is 10.6 Å². The Bertz CT molecular complexity index is 572. The number of nitrogens with one attached hydrogen (secondary N) is 1. The number of methoxy groups -OCH3 is 2. The molecule has 1 N–H and O–H groups in total. The van der Waals surface area contributed by atoms with Crippen molar-refractivity contribution in [2.75, 3.05) is 14.2 Å². The van der Waals surface area contributed by atoms with Crippen molar-refractivity contribution in [1.82, 2.24) is 5.32 Å². The number of ether oxygens (including phenoxy) is 2. The minimum atomic E-state index is -3.93. The summed E-state index contributed by atoms with van der Waals surface area (Å²) in [5, 5.41) is 2.52. The van der Waals surface area contributed by atoms with Gasteiger partial charge in [-0.2, -0.15) is 0 Å². The summed E-state index contributed by atoms with van der Waals surface area (Å²) in [6, 6.07) is 4.02. The fraction of sp³-hybridized carbons (Fsp3) is 0.364. The van der Waals surface area contributed by atoms with Crippen LogP contribution in [0.1, 0.15) is 18.5 Å². The molecule has 0 fully saturated rings. The van der Waals surface area contributed by atoms with Gasteiger partial charge in [-0.25, -0.2) is 13.2 Å². The molecule has 106 valence electrons. The number of alkyl carbamates (subject to hydrolysis) is 1. The van der Waals surface area contributed by atoms with Gasteiger partial charge in [0.25, 0.3) is 9.05 Å². The molecule has 1 unspecified atom stereocenters. The third-order valence-corrected chi connectivity index (χ3v) is 3.81. The van der Waals surface area contributed by atoms with Crippen molar-refractivity contribution in [2.24, 2.45) is 0 Å². The quantitative estimate of drug-likeness (QED) is 0.861.